The van der Waals surface area contributed by atoms with E-state index in [1.165, 1.54) is 10.5 Å². The fourth-order valence-electron chi connectivity index (χ4n) is 5.80. The molecule has 1 heterocycles. The molecule has 27 heavy (non-hydrogen) atoms. The van der Waals surface area contributed by atoms with E-state index in [-0.39, 0.29) is 23.7 Å². The average molecular weight is 424 g/mol. The van der Waals surface area contributed by atoms with E-state index in [1.54, 1.807) is 0 Å². The normalized spacial score (nSPS) is 31.7. The van der Waals surface area contributed by atoms with Gasteiger partial charge in [-0.15, -0.1) is 0 Å². The first kappa shape index (κ1) is 17.2. The molecule has 1 aliphatic heterocycles. The second kappa shape index (κ2) is 6.03. The minimum atomic E-state index is -0.148. The van der Waals surface area contributed by atoms with Crippen molar-refractivity contribution in [2.75, 3.05) is 4.90 Å². The number of imide groups is 1. The van der Waals surface area contributed by atoms with Gasteiger partial charge in [-0.2, -0.15) is 0 Å². The van der Waals surface area contributed by atoms with E-state index in [2.05, 4.69) is 40.2 Å². The molecule has 2 saturated carbocycles. The Kier molecular flexibility index (Phi) is 3.84. The summed E-state index contributed by atoms with van der Waals surface area (Å²) in [5.74, 6) is 0.804. The van der Waals surface area contributed by atoms with Gasteiger partial charge in [0.2, 0.25) is 11.8 Å². The Bertz CT molecular complexity index is 954. The maximum Gasteiger partial charge on any atom is 0.238 e. The smallest absolute Gasteiger partial charge is 0.238 e. The van der Waals surface area contributed by atoms with E-state index in [9.17, 15) is 9.59 Å². The van der Waals surface area contributed by atoms with Crippen molar-refractivity contribution in [3.63, 3.8) is 0 Å². The van der Waals surface area contributed by atoms with Crippen LogP contribution >= 0.6 is 15.9 Å². The summed E-state index contributed by atoms with van der Waals surface area (Å²) in [4.78, 5) is 28.2. The number of anilines is 1. The number of benzene rings is 2. The number of nitrogens with zero attached hydrogens (tertiary/aromatic N) is 1. The van der Waals surface area contributed by atoms with Gasteiger partial charge in [0.05, 0.1) is 17.5 Å². The molecule has 2 bridgehead atoms. The van der Waals surface area contributed by atoms with Crippen LogP contribution in [-0.2, 0) is 9.59 Å². The molecule has 5 atom stereocenters. The number of carbonyl (C=O) groups excluding carboxylic acids is 2. The summed E-state index contributed by atoms with van der Waals surface area (Å²) in [6, 6.07) is 14.3. The van der Waals surface area contributed by atoms with Crippen molar-refractivity contribution in [3.8, 4) is 0 Å². The van der Waals surface area contributed by atoms with Crippen LogP contribution in [0, 0.1) is 37.5 Å². The lowest BCUT2D eigenvalue weighted by molar-refractivity contribution is -0.123. The molecule has 2 aromatic rings. The van der Waals surface area contributed by atoms with Crippen LogP contribution in [-0.4, -0.2) is 11.8 Å². The van der Waals surface area contributed by atoms with Gasteiger partial charge >= 0.3 is 0 Å². The summed E-state index contributed by atoms with van der Waals surface area (Å²) in [6.07, 6.45) is 2.04. The molecular formula is C23H22BrNO2. The van der Waals surface area contributed by atoms with Crippen molar-refractivity contribution in [1.29, 1.82) is 0 Å². The predicted octanol–water partition coefficient (Wildman–Crippen LogP) is 5.00. The zero-order valence-electron chi connectivity index (χ0n) is 15.5. The molecule has 0 unspecified atom stereocenters. The maximum absolute atomic E-state index is 13.4. The van der Waals surface area contributed by atoms with Crippen LogP contribution in [0.3, 0.4) is 0 Å². The number of carbonyl (C=O) groups is 2. The van der Waals surface area contributed by atoms with Crippen LogP contribution in [0.2, 0.25) is 0 Å². The Labute approximate surface area is 167 Å². The monoisotopic (exact) mass is 423 g/mol. The summed E-state index contributed by atoms with van der Waals surface area (Å²) in [5.41, 5.74) is 4.15. The first-order valence-corrected chi connectivity index (χ1v) is 10.5. The third-order valence-corrected chi connectivity index (χ3v) is 8.04. The number of fused-ring (bicyclic) bond motifs is 5. The molecule has 0 spiro atoms. The molecular weight excluding hydrogens is 402 g/mol. The van der Waals surface area contributed by atoms with Crippen LogP contribution in [0.4, 0.5) is 5.69 Å². The predicted molar refractivity (Wildman–Crippen MR) is 108 cm³/mol. The molecule has 0 aromatic heterocycles. The van der Waals surface area contributed by atoms with E-state index >= 15 is 0 Å². The van der Waals surface area contributed by atoms with Gasteiger partial charge < -0.3 is 0 Å². The third kappa shape index (κ3) is 2.32. The molecule has 2 aliphatic carbocycles. The fourth-order valence-corrected chi connectivity index (χ4v) is 6.23. The molecule has 4 heteroatoms. The molecule has 3 aliphatic rings. The summed E-state index contributed by atoms with van der Waals surface area (Å²) >= 11 is 3.54. The Morgan fingerprint density at radius 1 is 0.889 bits per heavy atom. The van der Waals surface area contributed by atoms with Gasteiger partial charge in [-0.3, -0.25) is 9.59 Å². The lowest BCUT2D eigenvalue weighted by Gasteiger charge is -2.28. The number of halogens is 1. The lowest BCUT2D eigenvalue weighted by atomic mass is 9.73. The van der Waals surface area contributed by atoms with Crippen molar-refractivity contribution in [1.82, 2.24) is 0 Å². The van der Waals surface area contributed by atoms with E-state index < -0.39 is 0 Å². The zero-order valence-corrected chi connectivity index (χ0v) is 17.1. The van der Waals surface area contributed by atoms with Gasteiger partial charge in [-0.25, -0.2) is 4.90 Å². The first-order valence-electron chi connectivity index (χ1n) is 9.67. The van der Waals surface area contributed by atoms with Crippen molar-refractivity contribution in [2.45, 2.75) is 32.6 Å². The highest BCUT2D eigenvalue weighted by molar-refractivity contribution is 9.10. The molecule has 2 aromatic carbocycles. The lowest BCUT2D eigenvalue weighted by Crippen LogP contribution is -2.33. The van der Waals surface area contributed by atoms with E-state index in [1.807, 2.05) is 32.0 Å². The number of hydrogen-bond acceptors (Lipinski definition) is 2. The minimum Gasteiger partial charge on any atom is -0.274 e. The Morgan fingerprint density at radius 3 is 2.33 bits per heavy atom. The molecule has 2 amide bonds. The molecule has 0 radical (unpaired) electrons. The number of hydrogen-bond donors (Lipinski definition) is 0. The highest BCUT2D eigenvalue weighted by Gasteiger charge is 2.64. The molecule has 0 N–H and O–H groups in total. The zero-order chi connectivity index (χ0) is 18.9. The van der Waals surface area contributed by atoms with Crippen LogP contribution in [0.15, 0.2) is 46.9 Å². The van der Waals surface area contributed by atoms with Gasteiger partial charge in [0.15, 0.2) is 0 Å². The summed E-state index contributed by atoms with van der Waals surface area (Å²) in [6.45, 7) is 4.01. The van der Waals surface area contributed by atoms with Gasteiger partial charge in [0, 0.05) is 4.47 Å². The van der Waals surface area contributed by atoms with Gasteiger partial charge in [0.1, 0.15) is 0 Å². The van der Waals surface area contributed by atoms with Crippen molar-refractivity contribution in [2.24, 2.45) is 23.7 Å². The largest absolute Gasteiger partial charge is 0.274 e. The van der Waals surface area contributed by atoms with Crippen LogP contribution in [0.5, 0.6) is 0 Å². The first-order chi connectivity index (χ1) is 13.0. The van der Waals surface area contributed by atoms with Crippen LogP contribution < -0.4 is 4.90 Å². The van der Waals surface area contributed by atoms with E-state index in [4.69, 9.17) is 0 Å². The van der Waals surface area contributed by atoms with E-state index in [0.29, 0.717) is 17.8 Å². The maximum atomic E-state index is 13.4. The Balaban J connectivity index is 1.52. The van der Waals surface area contributed by atoms with Gasteiger partial charge in [0.25, 0.3) is 0 Å². The Morgan fingerprint density at radius 2 is 1.59 bits per heavy atom. The second-order valence-electron chi connectivity index (χ2n) is 8.29. The van der Waals surface area contributed by atoms with Gasteiger partial charge in [-0.05, 0) is 73.3 Å². The standard InChI is InChI=1S/C23H22BrNO2/c1-12-13(2)19(9-8-18(12)24)25-22(26)20-15-10-16(14-6-4-3-5-7-14)17(11-15)21(20)23(25)27/h3-9,15-17,20-21H,10-11H2,1-2H3/t15-,16-,17+,20+,21+/m0/s1. The Hall–Kier alpha value is -1.94. The number of rotatable bonds is 2. The average Bonchev–Trinajstić information content (AvgIpc) is 3.33. The highest BCUT2D eigenvalue weighted by Crippen LogP contribution is 2.62. The molecule has 5 rings (SSSR count). The molecule has 138 valence electrons. The molecule has 1 saturated heterocycles. The van der Waals surface area contributed by atoms with Crippen LogP contribution in [0.1, 0.15) is 35.4 Å². The topological polar surface area (TPSA) is 37.4 Å². The van der Waals surface area contributed by atoms with Crippen molar-refractivity contribution >= 4 is 33.4 Å². The molecule has 3 nitrogen and oxygen atoms in total. The minimum absolute atomic E-state index is 0.0166. The molecule has 3 fully saturated rings. The quantitative estimate of drug-likeness (QED) is 0.637. The number of amides is 2. The van der Waals surface area contributed by atoms with Gasteiger partial charge in [-0.1, -0.05) is 46.3 Å². The fraction of sp³-hybridized carbons (Fsp3) is 0.391. The van der Waals surface area contributed by atoms with Crippen molar-refractivity contribution in [3.05, 3.63) is 63.6 Å². The van der Waals surface area contributed by atoms with Crippen molar-refractivity contribution < 1.29 is 9.59 Å². The third-order valence-electron chi connectivity index (χ3n) is 7.18. The highest BCUT2D eigenvalue weighted by atomic mass is 79.9. The SMILES string of the molecule is Cc1c(Br)ccc(N2C(=O)[C@@H]3[C@@H]4C[C@@H]([C@H]3C2=O)[C@H](c2ccccc2)C4)c1C. The summed E-state index contributed by atoms with van der Waals surface area (Å²) in [7, 11) is 0. The second-order valence-corrected chi connectivity index (χ2v) is 9.15. The summed E-state index contributed by atoms with van der Waals surface area (Å²) in [5, 5.41) is 0. The van der Waals surface area contributed by atoms with E-state index in [0.717, 1.165) is 34.1 Å². The summed E-state index contributed by atoms with van der Waals surface area (Å²) < 4.78 is 1.01. The van der Waals surface area contributed by atoms with Crippen LogP contribution in [0.25, 0.3) is 0 Å².